The maximum atomic E-state index is 11.4. The third-order valence-corrected chi connectivity index (χ3v) is 3.16. The minimum absolute atomic E-state index is 0.0671. The molecule has 0 aliphatic carbocycles. The number of carboxylic acid groups (broad SMARTS) is 1. The van der Waals surface area contributed by atoms with E-state index in [1.165, 1.54) is 30.1 Å². The first-order valence-corrected chi connectivity index (χ1v) is 6.45. The zero-order valence-electron chi connectivity index (χ0n) is 12.3. The van der Waals surface area contributed by atoms with E-state index in [0.717, 1.165) is 4.57 Å². The van der Waals surface area contributed by atoms with Crippen molar-refractivity contribution in [3.63, 3.8) is 0 Å². The van der Waals surface area contributed by atoms with Crippen molar-refractivity contribution in [1.29, 1.82) is 0 Å². The fourth-order valence-corrected chi connectivity index (χ4v) is 1.92. The molecule has 120 valence electrons. The van der Waals surface area contributed by atoms with Gasteiger partial charge < -0.3 is 15.2 Å². The number of aryl methyl sites for hydroxylation is 1. The van der Waals surface area contributed by atoms with Crippen LogP contribution >= 0.6 is 0 Å². The molecule has 9 nitrogen and oxygen atoms in total. The number of rotatable bonds is 1. The second-order valence-corrected chi connectivity index (χ2v) is 4.63. The van der Waals surface area contributed by atoms with Gasteiger partial charge in [0.1, 0.15) is 16.8 Å². The Balaban J connectivity index is 0.000000174. The van der Waals surface area contributed by atoms with Gasteiger partial charge in [0, 0.05) is 14.1 Å². The quantitative estimate of drug-likeness (QED) is 0.581. The number of nitrogens with zero attached hydrogens (tertiary/aromatic N) is 3. The molecule has 0 saturated carbocycles. The van der Waals surface area contributed by atoms with Crippen LogP contribution in [-0.4, -0.2) is 35.3 Å². The topological polar surface area (TPSA) is 130 Å². The van der Waals surface area contributed by atoms with Gasteiger partial charge in [-0.05, 0) is 12.1 Å². The van der Waals surface area contributed by atoms with Crippen LogP contribution in [0, 0.1) is 0 Å². The lowest BCUT2D eigenvalue weighted by Gasteiger charge is -2.00. The zero-order chi connectivity index (χ0) is 17.1. The fraction of sp³-hybridized carbons (Fsp3) is 0.143. The minimum atomic E-state index is -1.11. The third kappa shape index (κ3) is 2.98. The number of hydrogen-bond donors (Lipinski definition) is 3. The summed E-state index contributed by atoms with van der Waals surface area (Å²) in [7, 11) is 3.01. The Morgan fingerprint density at radius 3 is 2.39 bits per heavy atom. The number of phenols is 1. The van der Waals surface area contributed by atoms with E-state index >= 15 is 0 Å². The lowest BCUT2D eigenvalue weighted by atomic mass is 10.2. The lowest BCUT2D eigenvalue weighted by molar-refractivity contribution is 0.0693. The molecule has 0 amide bonds. The molecule has 0 spiro atoms. The van der Waals surface area contributed by atoms with Crippen molar-refractivity contribution in [1.82, 2.24) is 19.1 Å². The molecule has 3 aromatic rings. The summed E-state index contributed by atoms with van der Waals surface area (Å²) < 4.78 is 2.37. The van der Waals surface area contributed by atoms with E-state index in [1.807, 2.05) is 0 Å². The standard InChI is InChI=1S/C7H8N4O2.C7H6O3/c1-10-5-4(8-3-9-5)6(12)11(2)7(10)13;8-6-4-2-1-3-5(6)7(9)10/h3H,1-2H3,(H,8,9);1-4,8H,(H,9,10). The molecule has 2 heterocycles. The fourth-order valence-electron chi connectivity index (χ4n) is 1.92. The van der Waals surface area contributed by atoms with Gasteiger partial charge in [0.15, 0.2) is 5.65 Å². The van der Waals surface area contributed by atoms with Crippen LogP contribution in [0.5, 0.6) is 5.75 Å². The molecular formula is C14H14N4O5. The number of H-pyrrole nitrogens is 1. The number of aromatic hydroxyl groups is 1. The summed E-state index contributed by atoms with van der Waals surface area (Å²) in [6, 6.07) is 5.81. The summed E-state index contributed by atoms with van der Waals surface area (Å²) in [5.41, 5.74) is -0.0552. The average Bonchev–Trinajstić information content (AvgIpc) is 3.01. The highest BCUT2D eigenvalue weighted by molar-refractivity contribution is 5.90. The maximum Gasteiger partial charge on any atom is 0.339 e. The van der Waals surface area contributed by atoms with Crippen molar-refractivity contribution < 1.29 is 15.0 Å². The molecule has 0 fully saturated rings. The minimum Gasteiger partial charge on any atom is -0.507 e. The van der Waals surface area contributed by atoms with Crippen molar-refractivity contribution in [3.8, 4) is 5.75 Å². The molecule has 0 unspecified atom stereocenters. The third-order valence-electron chi connectivity index (χ3n) is 3.16. The number of para-hydroxylation sites is 1. The van der Waals surface area contributed by atoms with Crippen LogP contribution in [0.4, 0.5) is 0 Å². The predicted octanol–water partition coefficient (Wildman–Crippen LogP) is 0.0507. The van der Waals surface area contributed by atoms with Crippen LogP contribution < -0.4 is 11.2 Å². The number of nitrogens with one attached hydrogen (secondary N) is 1. The van der Waals surface area contributed by atoms with Crippen LogP contribution in [0.3, 0.4) is 0 Å². The van der Waals surface area contributed by atoms with E-state index < -0.39 is 5.97 Å². The number of fused-ring (bicyclic) bond motifs is 1. The van der Waals surface area contributed by atoms with Crippen molar-refractivity contribution in [2.24, 2.45) is 14.1 Å². The number of hydrogen-bond acceptors (Lipinski definition) is 5. The lowest BCUT2D eigenvalue weighted by Crippen LogP contribution is -2.36. The van der Waals surface area contributed by atoms with Gasteiger partial charge >= 0.3 is 11.7 Å². The largest absolute Gasteiger partial charge is 0.507 e. The highest BCUT2D eigenvalue weighted by Crippen LogP contribution is 2.14. The van der Waals surface area contributed by atoms with E-state index in [9.17, 15) is 14.4 Å². The number of imidazole rings is 1. The van der Waals surface area contributed by atoms with Crippen molar-refractivity contribution in [2.45, 2.75) is 0 Å². The van der Waals surface area contributed by atoms with Gasteiger partial charge in [0.25, 0.3) is 5.56 Å². The van der Waals surface area contributed by atoms with Crippen molar-refractivity contribution in [2.75, 3.05) is 0 Å². The number of aromatic carboxylic acids is 1. The molecule has 3 N–H and O–H groups in total. The van der Waals surface area contributed by atoms with Gasteiger partial charge in [-0.15, -0.1) is 0 Å². The number of aromatic amines is 1. The number of benzene rings is 1. The number of carbonyl (C=O) groups is 1. The Morgan fingerprint density at radius 1 is 1.17 bits per heavy atom. The van der Waals surface area contributed by atoms with E-state index in [1.54, 1.807) is 19.2 Å². The van der Waals surface area contributed by atoms with Crippen LogP contribution in [0.25, 0.3) is 11.2 Å². The molecule has 0 atom stereocenters. The molecule has 0 bridgehead atoms. The highest BCUT2D eigenvalue weighted by atomic mass is 16.4. The van der Waals surface area contributed by atoms with Gasteiger partial charge in [-0.2, -0.15) is 0 Å². The summed E-state index contributed by atoms with van der Waals surface area (Å²) in [6.45, 7) is 0. The molecule has 1 aromatic carbocycles. The highest BCUT2D eigenvalue weighted by Gasteiger charge is 2.09. The summed E-state index contributed by atoms with van der Waals surface area (Å²) in [5, 5.41) is 17.3. The Morgan fingerprint density at radius 2 is 1.83 bits per heavy atom. The monoisotopic (exact) mass is 318 g/mol. The molecule has 0 aliphatic heterocycles. The molecule has 23 heavy (non-hydrogen) atoms. The zero-order valence-corrected chi connectivity index (χ0v) is 12.3. The molecular weight excluding hydrogens is 304 g/mol. The second kappa shape index (κ2) is 6.18. The SMILES string of the molecule is Cn1c(=O)c2[nH]cnc2n(C)c1=O.O=C(O)c1ccccc1O. The molecule has 0 saturated heterocycles. The first-order chi connectivity index (χ1) is 10.8. The number of carboxylic acids is 1. The van der Waals surface area contributed by atoms with Crippen molar-refractivity contribution >= 4 is 17.1 Å². The molecule has 3 rings (SSSR count). The van der Waals surface area contributed by atoms with Crippen LogP contribution in [0.1, 0.15) is 10.4 Å². The Labute approximate surface area is 129 Å². The van der Waals surface area contributed by atoms with E-state index in [2.05, 4.69) is 9.97 Å². The van der Waals surface area contributed by atoms with Crippen LogP contribution in [0.2, 0.25) is 0 Å². The van der Waals surface area contributed by atoms with E-state index in [-0.39, 0.29) is 22.6 Å². The molecule has 9 heteroatoms. The Hall–Kier alpha value is -3.36. The Kier molecular flexibility index (Phi) is 4.30. The molecule has 2 aromatic heterocycles. The smallest absolute Gasteiger partial charge is 0.339 e. The van der Waals surface area contributed by atoms with E-state index in [0.29, 0.717) is 11.2 Å². The van der Waals surface area contributed by atoms with Crippen molar-refractivity contribution in [3.05, 3.63) is 57.0 Å². The van der Waals surface area contributed by atoms with Gasteiger partial charge in [0.05, 0.1) is 6.33 Å². The second-order valence-electron chi connectivity index (χ2n) is 4.63. The average molecular weight is 318 g/mol. The summed E-state index contributed by atoms with van der Waals surface area (Å²) in [6.07, 6.45) is 1.39. The van der Waals surface area contributed by atoms with E-state index in [4.69, 9.17) is 10.2 Å². The van der Waals surface area contributed by atoms with Gasteiger partial charge in [-0.3, -0.25) is 13.9 Å². The summed E-state index contributed by atoms with van der Waals surface area (Å²) in [4.78, 5) is 39.6. The molecule has 0 aliphatic rings. The summed E-state index contributed by atoms with van der Waals surface area (Å²) >= 11 is 0. The van der Waals surface area contributed by atoms with Gasteiger partial charge in [-0.25, -0.2) is 14.6 Å². The molecule has 0 radical (unpaired) electrons. The predicted molar refractivity (Wildman–Crippen MR) is 81.6 cm³/mol. The van der Waals surface area contributed by atoms with Gasteiger partial charge in [-0.1, -0.05) is 12.1 Å². The normalized spacial score (nSPS) is 10.2. The number of aromatic nitrogens is 4. The first-order valence-electron chi connectivity index (χ1n) is 6.45. The summed E-state index contributed by atoms with van der Waals surface area (Å²) in [5.74, 6) is -1.31. The Bertz CT molecular complexity index is 983. The van der Waals surface area contributed by atoms with Crippen LogP contribution in [-0.2, 0) is 14.1 Å². The first kappa shape index (κ1) is 16.0. The maximum absolute atomic E-state index is 11.4. The van der Waals surface area contributed by atoms with Gasteiger partial charge in [0.2, 0.25) is 0 Å². The van der Waals surface area contributed by atoms with Crippen LogP contribution in [0.15, 0.2) is 40.2 Å².